The predicted molar refractivity (Wildman–Crippen MR) is 81.2 cm³/mol. The molecule has 0 saturated carbocycles. The lowest BCUT2D eigenvalue weighted by Gasteiger charge is -2.07. The van der Waals surface area contributed by atoms with Gasteiger partial charge in [-0.1, -0.05) is 24.3 Å². The van der Waals surface area contributed by atoms with E-state index in [0.29, 0.717) is 23.5 Å². The van der Waals surface area contributed by atoms with Crippen molar-refractivity contribution in [2.75, 3.05) is 6.61 Å². The van der Waals surface area contributed by atoms with Gasteiger partial charge in [0.05, 0.1) is 12.2 Å². The molecule has 2 aromatic rings. The Morgan fingerprint density at radius 3 is 2.62 bits per heavy atom. The summed E-state index contributed by atoms with van der Waals surface area (Å²) in [4.78, 5) is 11.5. The lowest BCUT2D eigenvalue weighted by molar-refractivity contribution is -0.130. The lowest BCUT2D eigenvalue weighted by Crippen LogP contribution is -2.00. The fourth-order valence-electron chi connectivity index (χ4n) is 1.97. The molecule has 0 aromatic heterocycles. The Labute approximate surface area is 122 Å². The molecule has 2 rings (SSSR count). The van der Waals surface area contributed by atoms with Gasteiger partial charge in [0.2, 0.25) is 0 Å². The second-order valence-electron chi connectivity index (χ2n) is 4.42. The molecule has 2 N–H and O–H groups in total. The number of hydrogen-bond donors (Lipinski definition) is 2. The summed E-state index contributed by atoms with van der Waals surface area (Å²) < 4.78 is 5.39. The first-order valence-electron chi connectivity index (χ1n) is 6.57. The largest absolute Gasteiger partial charge is 0.508 e. The van der Waals surface area contributed by atoms with Crippen molar-refractivity contribution in [2.24, 2.45) is 0 Å². The Bertz CT molecular complexity index is 674. The van der Waals surface area contributed by atoms with E-state index in [1.807, 2.05) is 6.92 Å². The third-order valence-electron chi connectivity index (χ3n) is 2.87. The fourth-order valence-corrected chi connectivity index (χ4v) is 1.97. The lowest BCUT2D eigenvalue weighted by atomic mass is 10.0. The highest BCUT2D eigenvalue weighted by molar-refractivity contribution is 6.20. The van der Waals surface area contributed by atoms with Gasteiger partial charge in [-0.3, -0.25) is 0 Å². The van der Waals surface area contributed by atoms with Gasteiger partial charge in [-0.25, -0.2) is 4.79 Å². The van der Waals surface area contributed by atoms with Crippen LogP contribution in [0.5, 0.6) is 11.5 Å². The summed E-state index contributed by atoms with van der Waals surface area (Å²) in [6, 6.07) is 13.4. The van der Waals surface area contributed by atoms with E-state index in [-0.39, 0.29) is 11.3 Å². The second kappa shape index (κ2) is 6.61. The number of phenols is 1. The first-order valence-corrected chi connectivity index (χ1v) is 6.57. The minimum atomic E-state index is -1.04. The van der Waals surface area contributed by atoms with Gasteiger partial charge in [-0.15, -0.1) is 0 Å². The van der Waals surface area contributed by atoms with Gasteiger partial charge in [0.15, 0.2) is 0 Å². The van der Waals surface area contributed by atoms with E-state index in [0.717, 1.165) is 0 Å². The third kappa shape index (κ3) is 3.86. The summed E-state index contributed by atoms with van der Waals surface area (Å²) in [7, 11) is 0. The number of ether oxygens (including phenoxy) is 1. The van der Waals surface area contributed by atoms with Crippen LogP contribution in [0.1, 0.15) is 18.1 Å². The van der Waals surface area contributed by atoms with Crippen LogP contribution in [0.15, 0.2) is 48.5 Å². The molecule has 0 bridgehead atoms. The summed E-state index contributed by atoms with van der Waals surface area (Å²) in [6.45, 7) is 2.38. The van der Waals surface area contributed by atoms with Gasteiger partial charge in [-0.2, -0.15) is 0 Å². The molecule has 0 heterocycles. The molecule has 0 saturated heterocycles. The van der Waals surface area contributed by atoms with Crippen LogP contribution in [0.4, 0.5) is 0 Å². The molecule has 0 radical (unpaired) electrons. The normalized spacial score (nSPS) is 11.2. The molecule has 0 amide bonds. The van der Waals surface area contributed by atoms with Gasteiger partial charge >= 0.3 is 5.97 Å². The van der Waals surface area contributed by atoms with E-state index in [1.54, 1.807) is 36.4 Å². The number of benzene rings is 2. The van der Waals surface area contributed by atoms with Gasteiger partial charge in [-0.05, 0) is 48.4 Å². The smallest absolute Gasteiger partial charge is 0.336 e. The quantitative estimate of drug-likeness (QED) is 0.652. The van der Waals surface area contributed by atoms with Crippen molar-refractivity contribution < 1.29 is 19.7 Å². The van der Waals surface area contributed by atoms with Crippen LogP contribution in [-0.4, -0.2) is 22.8 Å². The highest BCUT2D eigenvalue weighted by atomic mass is 16.5. The molecule has 0 aliphatic carbocycles. The average molecular weight is 284 g/mol. The Balaban J connectivity index is 2.44. The number of carbonyl (C=O) groups is 1. The molecular formula is C17H16O4. The molecule has 0 atom stereocenters. The van der Waals surface area contributed by atoms with Crippen LogP contribution in [-0.2, 0) is 4.79 Å². The summed E-state index contributed by atoms with van der Waals surface area (Å²) in [5, 5.41) is 18.9. The monoisotopic (exact) mass is 284 g/mol. The molecule has 4 heteroatoms. The number of carboxylic acids is 1. The van der Waals surface area contributed by atoms with E-state index in [4.69, 9.17) is 4.74 Å². The maximum atomic E-state index is 11.5. The molecule has 21 heavy (non-hydrogen) atoms. The van der Waals surface area contributed by atoms with Crippen LogP contribution >= 0.6 is 0 Å². The van der Waals surface area contributed by atoms with Crippen molar-refractivity contribution in [3.63, 3.8) is 0 Å². The zero-order valence-corrected chi connectivity index (χ0v) is 11.6. The maximum Gasteiger partial charge on any atom is 0.336 e. The molecule has 2 aromatic carbocycles. The standard InChI is InChI=1S/C17H16O4/c1-2-21-15-8-4-6-13(11-15)16(17(19)20)10-12-5-3-7-14(18)9-12/h3-11,18H,2H2,1H3,(H,19,20)/b16-10-. The van der Waals surface area contributed by atoms with Crippen molar-refractivity contribution in [2.45, 2.75) is 6.92 Å². The predicted octanol–water partition coefficient (Wildman–Crippen LogP) is 3.42. The summed E-state index contributed by atoms with van der Waals surface area (Å²) in [6.07, 6.45) is 1.52. The molecule has 0 aliphatic rings. The van der Waals surface area contributed by atoms with Gasteiger partial charge < -0.3 is 14.9 Å². The molecule has 0 spiro atoms. The number of carboxylic acid groups (broad SMARTS) is 1. The number of aliphatic carboxylic acids is 1. The zero-order valence-electron chi connectivity index (χ0n) is 11.6. The van der Waals surface area contributed by atoms with Crippen molar-refractivity contribution in [1.29, 1.82) is 0 Å². The van der Waals surface area contributed by atoms with E-state index in [1.165, 1.54) is 18.2 Å². The van der Waals surface area contributed by atoms with E-state index in [9.17, 15) is 15.0 Å². The van der Waals surface area contributed by atoms with E-state index in [2.05, 4.69) is 0 Å². The summed E-state index contributed by atoms with van der Waals surface area (Å²) in [5.41, 5.74) is 1.31. The zero-order chi connectivity index (χ0) is 15.2. The number of aromatic hydroxyl groups is 1. The van der Waals surface area contributed by atoms with Crippen molar-refractivity contribution >= 4 is 17.6 Å². The topological polar surface area (TPSA) is 66.8 Å². The Morgan fingerprint density at radius 2 is 1.95 bits per heavy atom. The minimum absolute atomic E-state index is 0.0940. The molecule has 0 unspecified atom stereocenters. The average Bonchev–Trinajstić information content (AvgIpc) is 2.45. The number of phenolic OH excluding ortho intramolecular Hbond substituents is 1. The molecule has 0 aliphatic heterocycles. The van der Waals surface area contributed by atoms with Crippen LogP contribution in [0.25, 0.3) is 11.6 Å². The highest BCUT2D eigenvalue weighted by Gasteiger charge is 2.11. The van der Waals surface area contributed by atoms with Crippen LogP contribution in [0.2, 0.25) is 0 Å². The molecule has 4 nitrogen and oxygen atoms in total. The molecule has 0 fully saturated rings. The maximum absolute atomic E-state index is 11.5. The van der Waals surface area contributed by atoms with Crippen molar-refractivity contribution in [3.8, 4) is 11.5 Å². The van der Waals surface area contributed by atoms with Crippen LogP contribution < -0.4 is 4.74 Å². The summed E-state index contributed by atoms with van der Waals surface area (Å²) in [5.74, 6) is -0.318. The number of rotatable bonds is 5. The highest BCUT2D eigenvalue weighted by Crippen LogP contribution is 2.24. The van der Waals surface area contributed by atoms with Gasteiger partial charge in [0.25, 0.3) is 0 Å². The molecule has 108 valence electrons. The third-order valence-corrected chi connectivity index (χ3v) is 2.87. The first-order chi connectivity index (χ1) is 10.1. The second-order valence-corrected chi connectivity index (χ2v) is 4.42. The van der Waals surface area contributed by atoms with Crippen molar-refractivity contribution in [3.05, 3.63) is 59.7 Å². The van der Waals surface area contributed by atoms with E-state index >= 15 is 0 Å². The summed E-state index contributed by atoms with van der Waals surface area (Å²) >= 11 is 0. The van der Waals surface area contributed by atoms with Crippen LogP contribution in [0, 0.1) is 0 Å². The molecular weight excluding hydrogens is 268 g/mol. The Kier molecular flexibility index (Phi) is 4.61. The number of hydrogen-bond acceptors (Lipinski definition) is 3. The van der Waals surface area contributed by atoms with Crippen molar-refractivity contribution in [1.82, 2.24) is 0 Å². The van der Waals surface area contributed by atoms with Gasteiger partial charge in [0, 0.05) is 0 Å². The Hall–Kier alpha value is -2.75. The van der Waals surface area contributed by atoms with Gasteiger partial charge in [0.1, 0.15) is 11.5 Å². The first kappa shape index (κ1) is 14.7. The fraction of sp³-hybridized carbons (Fsp3) is 0.118. The van der Waals surface area contributed by atoms with E-state index < -0.39 is 5.97 Å². The van der Waals surface area contributed by atoms with Crippen LogP contribution in [0.3, 0.4) is 0 Å². The SMILES string of the molecule is CCOc1cccc(/C(=C/c2cccc(O)c2)C(=O)O)c1. The Morgan fingerprint density at radius 1 is 1.19 bits per heavy atom. The minimum Gasteiger partial charge on any atom is -0.508 e.